The van der Waals surface area contributed by atoms with Crippen LogP contribution in [0.2, 0.25) is 0 Å². The molecule has 0 aromatic rings. The van der Waals surface area contributed by atoms with Crippen LogP contribution < -0.4 is 0 Å². The van der Waals surface area contributed by atoms with Gasteiger partial charge in [-0.05, 0) is 12.3 Å². The molecule has 18 heavy (non-hydrogen) atoms. The molecule has 1 aliphatic rings. The van der Waals surface area contributed by atoms with Crippen LogP contribution in [0.15, 0.2) is 0 Å². The third kappa shape index (κ3) is 4.19. The van der Waals surface area contributed by atoms with Gasteiger partial charge in [0.1, 0.15) is 6.54 Å². The molecular formula is C11H16F3NO3. The van der Waals surface area contributed by atoms with Crippen LogP contribution >= 0.6 is 0 Å². The number of amides is 1. The molecule has 0 bridgehead atoms. The van der Waals surface area contributed by atoms with Crippen molar-refractivity contribution in [2.45, 2.75) is 26.4 Å². The summed E-state index contributed by atoms with van der Waals surface area (Å²) >= 11 is 0. The molecule has 2 atom stereocenters. The zero-order valence-electron chi connectivity index (χ0n) is 10.2. The predicted octanol–water partition coefficient (Wildman–Crippen LogP) is 1.75. The Morgan fingerprint density at radius 2 is 1.89 bits per heavy atom. The van der Waals surface area contributed by atoms with E-state index in [9.17, 15) is 22.8 Å². The highest BCUT2D eigenvalue weighted by atomic mass is 19.4. The topological polar surface area (TPSA) is 57.6 Å². The number of carbonyl (C=O) groups excluding carboxylic acids is 1. The Morgan fingerprint density at radius 1 is 1.33 bits per heavy atom. The molecule has 0 radical (unpaired) electrons. The van der Waals surface area contributed by atoms with E-state index in [1.165, 1.54) is 0 Å². The van der Waals surface area contributed by atoms with Gasteiger partial charge in [-0.1, -0.05) is 13.8 Å². The summed E-state index contributed by atoms with van der Waals surface area (Å²) in [6, 6.07) is 0. The maximum absolute atomic E-state index is 12.3. The van der Waals surface area contributed by atoms with E-state index in [-0.39, 0.29) is 18.9 Å². The molecule has 7 heteroatoms. The molecule has 1 N–H and O–H groups in total. The molecule has 0 unspecified atom stereocenters. The van der Waals surface area contributed by atoms with Gasteiger partial charge in [-0.2, -0.15) is 13.2 Å². The number of nitrogens with zero attached hydrogens (tertiary/aromatic N) is 1. The molecule has 1 rings (SSSR count). The Bertz CT molecular complexity index is 341. The van der Waals surface area contributed by atoms with E-state index in [0.717, 1.165) is 4.90 Å². The highest BCUT2D eigenvalue weighted by molar-refractivity contribution is 5.89. The Labute approximate surface area is 103 Å². The molecule has 1 aliphatic carbocycles. The van der Waals surface area contributed by atoms with E-state index in [0.29, 0.717) is 0 Å². The lowest BCUT2D eigenvalue weighted by Gasteiger charge is -2.25. The van der Waals surface area contributed by atoms with E-state index < -0.39 is 36.4 Å². The van der Waals surface area contributed by atoms with Crippen molar-refractivity contribution >= 4 is 11.9 Å². The van der Waals surface area contributed by atoms with Gasteiger partial charge in [0, 0.05) is 6.54 Å². The average molecular weight is 267 g/mol. The van der Waals surface area contributed by atoms with Crippen molar-refractivity contribution in [3.8, 4) is 0 Å². The van der Waals surface area contributed by atoms with Gasteiger partial charge < -0.3 is 10.0 Å². The summed E-state index contributed by atoms with van der Waals surface area (Å²) in [5.41, 5.74) is 0. The number of alkyl halides is 3. The normalized spacial score (nSPS) is 23.0. The number of carboxylic acid groups (broad SMARTS) is 1. The minimum absolute atomic E-state index is 0.0127. The van der Waals surface area contributed by atoms with Crippen molar-refractivity contribution in [3.63, 3.8) is 0 Å². The quantitative estimate of drug-likeness (QED) is 0.825. The van der Waals surface area contributed by atoms with Crippen LogP contribution in [0.5, 0.6) is 0 Å². The highest BCUT2D eigenvalue weighted by Crippen LogP contribution is 2.40. The summed E-state index contributed by atoms with van der Waals surface area (Å²) in [6.07, 6.45) is -4.32. The van der Waals surface area contributed by atoms with Gasteiger partial charge in [0.15, 0.2) is 0 Å². The second-order valence-corrected chi connectivity index (χ2v) is 5.01. The first kappa shape index (κ1) is 14.8. The van der Waals surface area contributed by atoms with Gasteiger partial charge in [-0.25, -0.2) is 0 Å². The van der Waals surface area contributed by atoms with Gasteiger partial charge in [0.2, 0.25) is 5.91 Å². The number of hydrogen-bond acceptors (Lipinski definition) is 2. The van der Waals surface area contributed by atoms with E-state index >= 15 is 0 Å². The Hall–Kier alpha value is -1.27. The number of carboxylic acids is 1. The first-order chi connectivity index (χ1) is 8.11. The second-order valence-electron chi connectivity index (χ2n) is 5.01. The lowest BCUT2D eigenvalue weighted by atomic mass is 10.2. The van der Waals surface area contributed by atoms with Gasteiger partial charge in [-0.15, -0.1) is 0 Å². The molecule has 104 valence electrons. The number of carbonyl (C=O) groups is 2. The fourth-order valence-corrected chi connectivity index (χ4v) is 1.86. The second kappa shape index (κ2) is 5.16. The number of halogens is 3. The first-order valence-electron chi connectivity index (χ1n) is 5.70. The predicted molar refractivity (Wildman–Crippen MR) is 56.7 cm³/mol. The zero-order chi connectivity index (χ0) is 14.1. The molecule has 0 aromatic heterocycles. The fraction of sp³-hybridized carbons (Fsp3) is 0.818. The Morgan fingerprint density at radius 3 is 2.22 bits per heavy atom. The molecule has 1 fully saturated rings. The number of aliphatic carboxylic acids is 1. The SMILES string of the molecule is CC(C)CN(CC(F)(F)F)C(=O)[C@@H]1C[C@@H]1C(=O)O. The number of hydrogen-bond donors (Lipinski definition) is 1. The lowest BCUT2D eigenvalue weighted by Crippen LogP contribution is -2.42. The van der Waals surface area contributed by atoms with Crippen LogP contribution in [0, 0.1) is 17.8 Å². The summed E-state index contributed by atoms with van der Waals surface area (Å²) in [7, 11) is 0. The molecule has 0 heterocycles. The summed E-state index contributed by atoms with van der Waals surface area (Å²) < 4.78 is 37.0. The lowest BCUT2D eigenvalue weighted by molar-refractivity contribution is -0.163. The van der Waals surface area contributed by atoms with Crippen molar-refractivity contribution in [1.29, 1.82) is 0 Å². The molecular weight excluding hydrogens is 251 g/mol. The van der Waals surface area contributed by atoms with E-state index in [1.54, 1.807) is 13.8 Å². The van der Waals surface area contributed by atoms with Crippen molar-refractivity contribution in [2.24, 2.45) is 17.8 Å². The van der Waals surface area contributed by atoms with Crippen molar-refractivity contribution in [2.75, 3.05) is 13.1 Å². The van der Waals surface area contributed by atoms with Gasteiger partial charge >= 0.3 is 12.1 Å². The summed E-state index contributed by atoms with van der Waals surface area (Å²) in [5.74, 6) is -3.53. The highest BCUT2D eigenvalue weighted by Gasteiger charge is 2.50. The first-order valence-corrected chi connectivity index (χ1v) is 5.70. The van der Waals surface area contributed by atoms with Crippen molar-refractivity contribution in [3.05, 3.63) is 0 Å². The maximum atomic E-state index is 12.3. The monoisotopic (exact) mass is 267 g/mol. The molecule has 0 saturated heterocycles. The minimum Gasteiger partial charge on any atom is -0.481 e. The van der Waals surface area contributed by atoms with Crippen molar-refractivity contribution < 1.29 is 27.9 Å². The smallest absolute Gasteiger partial charge is 0.406 e. The van der Waals surface area contributed by atoms with E-state index in [1.807, 2.05) is 0 Å². The standard InChI is InChI=1S/C11H16F3NO3/c1-6(2)4-15(5-11(12,13)14)9(16)7-3-8(7)10(17)18/h6-8H,3-5H2,1-2H3,(H,17,18)/t7-,8+/m1/s1. The van der Waals surface area contributed by atoms with Gasteiger partial charge in [0.05, 0.1) is 11.8 Å². The Balaban J connectivity index is 2.66. The number of rotatable bonds is 5. The molecule has 0 aromatic carbocycles. The Kier molecular flexibility index (Phi) is 4.24. The minimum atomic E-state index is -4.46. The third-order valence-corrected chi connectivity index (χ3v) is 2.69. The maximum Gasteiger partial charge on any atom is 0.406 e. The molecule has 0 aliphatic heterocycles. The van der Waals surface area contributed by atoms with Crippen LogP contribution in [0.4, 0.5) is 13.2 Å². The van der Waals surface area contributed by atoms with Crippen LogP contribution in [-0.2, 0) is 9.59 Å². The summed E-state index contributed by atoms with van der Waals surface area (Å²) in [5, 5.41) is 8.68. The molecule has 1 amide bonds. The summed E-state index contributed by atoms with van der Waals surface area (Å²) in [4.78, 5) is 23.1. The molecule has 4 nitrogen and oxygen atoms in total. The van der Waals surface area contributed by atoms with Gasteiger partial charge in [0.25, 0.3) is 0 Å². The summed E-state index contributed by atoms with van der Waals surface area (Å²) in [6.45, 7) is 2.09. The fourth-order valence-electron chi connectivity index (χ4n) is 1.86. The van der Waals surface area contributed by atoms with Crippen LogP contribution in [0.25, 0.3) is 0 Å². The third-order valence-electron chi connectivity index (χ3n) is 2.69. The van der Waals surface area contributed by atoms with Crippen LogP contribution in [0.1, 0.15) is 20.3 Å². The molecule has 1 saturated carbocycles. The zero-order valence-corrected chi connectivity index (χ0v) is 10.2. The average Bonchev–Trinajstić information content (AvgIpc) is 2.91. The van der Waals surface area contributed by atoms with Crippen LogP contribution in [0.3, 0.4) is 0 Å². The van der Waals surface area contributed by atoms with Gasteiger partial charge in [-0.3, -0.25) is 9.59 Å². The molecule has 0 spiro atoms. The van der Waals surface area contributed by atoms with E-state index in [4.69, 9.17) is 5.11 Å². The van der Waals surface area contributed by atoms with Crippen LogP contribution in [-0.4, -0.2) is 41.1 Å². The largest absolute Gasteiger partial charge is 0.481 e. The van der Waals surface area contributed by atoms with Crippen molar-refractivity contribution in [1.82, 2.24) is 4.90 Å². The van der Waals surface area contributed by atoms with E-state index in [2.05, 4.69) is 0 Å².